The van der Waals surface area contributed by atoms with Crippen molar-refractivity contribution in [3.63, 3.8) is 0 Å². The lowest BCUT2D eigenvalue weighted by Crippen LogP contribution is -3.13. The number of carbonyl (C=O) groups excluding carboxylic acids is 1. The molecule has 3 aromatic rings. The average Bonchev–Trinajstić information content (AvgIpc) is 2.74. The van der Waals surface area contributed by atoms with Gasteiger partial charge in [-0.25, -0.2) is 4.79 Å². The van der Waals surface area contributed by atoms with Crippen molar-refractivity contribution in [2.45, 2.75) is 26.3 Å². The number of amides is 1. The van der Waals surface area contributed by atoms with Crippen molar-refractivity contribution in [1.82, 2.24) is 4.90 Å². The quantitative estimate of drug-likeness (QED) is 0.695. The van der Waals surface area contributed by atoms with Gasteiger partial charge in [0.15, 0.2) is 0 Å². The van der Waals surface area contributed by atoms with Crippen LogP contribution in [0.1, 0.15) is 41.3 Å². The number of nitrogens with zero attached hydrogens (tertiary/aromatic N) is 1. The summed E-state index contributed by atoms with van der Waals surface area (Å²) in [6.45, 7) is 8.39. The Morgan fingerprint density at radius 3 is 2.45 bits per heavy atom. The van der Waals surface area contributed by atoms with Crippen molar-refractivity contribution < 1.29 is 14.1 Å². The van der Waals surface area contributed by atoms with Crippen LogP contribution in [-0.2, 0) is 6.54 Å². The molecule has 0 saturated carbocycles. The number of quaternary nitrogens is 1. The number of rotatable bonds is 4. The zero-order valence-electron chi connectivity index (χ0n) is 17.0. The second kappa shape index (κ2) is 8.21. The lowest BCUT2D eigenvalue weighted by atomic mass is 10.0. The number of hydrogen-bond donors (Lipinski definition) is 1. The van der Waals surface area contributed by atoms with Gasteiger partial charge in [-0.2, -0.15) is 0 Å². The molecule has 0 aliphatic carbocycles. The molecule has 0 atom stereocenters. The minimum atomic E-state index is -0.561. The molecule has 0 radical (unpaired) electrons. The topological polar surface area (TPSA) is 55.0 Å². The first-order valence-corrected chi connectivity index (χ1v) is 10.3. The van der Waals surface area contributed by atoms with Crippen molar-refractivity contribution >= 4 is 16.9 Å². The maximum absolute atomic E-state index is 12.9. The zero-order chi connectivity index (χ0) is 20.4. The Labute approximate surface area is 170 Å². The Hall–Kier alpha value is -2.92. The van der Waals surface area contributed by atoms with E-state index < -0.39 is 5.63 Å². The summed E-state index contributed by atoms with van der Waals surface area (Å²) < 4.78 is 5.32. The van der Waals surface area contributed by atoms with E-state index in [1.807, 2.05) is 18.2 Å². The van der Waals surface area contributed by atoms with E-state index in [-0.39, 0.29) is 11.5 Å². The lowest BCUT2D eigenvalue weighted by Gasteiger charge is -2.32. The molecule has 4 rings (SSSR count). The molecule has 5 nitrogen and oxygen atoms in total. The van der Waals surface area contributed by atoms with E-state index in [4.69, 9.17) is 4.42 Å². The van der Waals surface area contributed by atoms with E-state index in [1.165, 1.54) is 16.0 Å². The number of fused-ring (bicyclic) bond motifs is 1. The minimum Gasteiger partial charge on any atom is -0.422 e. The molecule has 0 spiro atoms. The first-order valence-electron chi connectivity index (χ1n) is 10.3. The van der Waals surface area contributed by atoms with Gasteiger partial charge in [0, 0.05) is 10.9 Å². The van der Waals surface area contributed by atoms with Crippen LogP contribution in [0.5, 0.6) is 0 Å². The van der Waals surface area contributed by atoms with Crippen LogP contribution >= 0.6 is 0 Å². The van der Waals surface area contributed by atoms with Crippen LogP contribution in [0.15, 0.2) is 63.8 Å². The van der Waals surface area contributed by atoms with Gasteiger partial charge in [-0.15, -0.1) is 0 Å². The van der Waals surface area contributed by atoms with Crippen molar-refractivity contribution in [3.05, 3.63) is 81.7 Å². The summed E-state index contributed by atoms with van der Waals surface area (Å²) in [5.74, 6) is 0.309. The molecule has 1 aliphatic rings. The van der Waals surface area contributed by atoms with Gasteiger partial charge in [-0.3, -0.25) is 4.79 Å². The van der Waals surface area contributed by atoms with Gasteiger partial charge in [-0.05, 0) is 23.6 Å². The molecule has 1 aromatic heterocycles. The van der Waals surface area contributed by atoms with E-state index in [1.54, 1.807) is 17.0 Å². The smallest absolute Gasteiger partial charge is 0.349 e. The third-order valence-corrected chi connectivity index (χ3v) is 5.73. The predicted octanol–water partition coefficient (Wildman–Crippen LogP) is 2.46. The molecule has 0 bridgehead atoms. The van der Waals surface area contributed by atoms with Gasteiger partial charge in [0.05, 0.1) is 26.2 Å². The molecule has 2 heterocycles. The van der Waals surface area contributed by atoms with Crippen LogP contribution in [0.25, 0.3) is 11.0 Å². The van der Waals surface area contributed by atoms with Gasteiger partial charge < -0.3 is 14.2 Å². The maximum Gasteiger partial charge on any atom is 0.349 e. The standard InChI is InChI=1S/C24H26N2O3/c1-17(2)19-9-7-18(8-10-19)16-25-11-13-26(14-12-25)23(27)21-15-20-5-3-4-6-22(20)29-24(21)28/h3-10,15,17H,11-14,16H2,1-2H3/p+1. The fourth-order valence-electron chi connectivity index (χ4n) is 3.89. The van der Waals surface area contributed by atoms with Gasteiger partial charge in [0.1, 0.15) is 17.7 Å². The predicted molar refractivity (Wildman–Crippen MR) is 113 cm³/mol. The van der Waals surface area contributed by atoms with Crippen LogP contribution in [-0.4, -0.2) is 37.0 Å². The second-order valence-electron chi connectivity index (χ2n) is 8.10. The monoisotopic (exact) mass is 391 g/mol. The molecule has 1 N–H and O–H groups in total. The van der Waals surface area contributed by atoms with E-state index >= 15 is 0 Å². The van der Waals surface area contributed by atoms with Crippen molar-refractivity contribution in [2.24, 2.45) is 0 Å². The van der Waals surface area contributed by atoms with Gasteiger partial charge in [-0.1, -0.05) is 56.3 Å². The number of hydrogen-bond acceptors (Lipinski definition) is 3. The van der Waals surface area contributed by atoms with Crippen LogP contribution in [0.3, 0.4) is 0 Å². The van der Waals surface area contributed by atoms with E-state index in [9.17, 15) is 9.59 Å². The van der Waals surface area contributed by atoms with Crippen LogP contribution in [0.4, 0.5) is 0 Å². The Kier molecular flexibility index (Phi) is 5.49. The Balaban J connectivity index is 1.40. The first-order chi connectivity index (χ1) is 14.0. The van der Waals surface area contributed by atoms with Crippen LogP contribution < -0.4 is 10.5 Å². The number of nitrogens with one attached hydrogen (secondary N) is 1. The highest BCUT2D eigenvalue weighted by atomic mass is 16.4. The molecule has 1 fully saturated rings. The average molecular weight is 391 g/mol. The van der Waals surface area contributed by atoms with E-state index in [0.717, 1.165) is 25.0 Å². The van der Waals surface area contributed by atoms with Gasteiger partial charge in [0.25, 0.3) is 5.91 Å². The van der Waals surface area contributed by atoms with E-state index in [0.29, 0.717) is 24.6 Å². The summed E-state index contributed by atoms with van der Waals surface area (Å²) in [5, 5.41) is 0.768. The normalized spacial score (nSPS) is 15.2. The fraction of sp³-hybridized carbons (Fsp3) is 0.333. The SMILES string of the molecule is CC(C)c1ccc(C[NH+]2CCN(C(=O)c3cc4ccccc4oc3=O)CC2)cc1. The Morgan fingerprint density at radius 2 is 1.76 bits per heavy atom. The molecular weight excluding hydrogens is 364 g/mol. The van der Waals surface area contributed by atoms with Crippen molar-refractivity contribution in [3.8, 4) is 0 Å². The molecule has 5 heteroatoms. The Bertz CT molecular complexity index is 1060. The van der Waals surface area contributed by atoms with E-state index in [2.05, 4.69) is 38.1 Å². The molecule has 150 valence electrons. The molecule has 1 amide bonds. The highest BCUT2D eigenvalue weighted by molar-refractivity contribution is 5.96. The Morgan fingerprint density at radius 1 is 1.07 bits per heavy atom. The highest BCUT2D eigenvalue weighted by Gasteiger charge is 2.26. The second-order valence-corrected chi connectivity index (χ2v) is 8.10. The third-order valence-electron chi connectivity index (χ3n) is 5.73. The summed E-state index contributed by atoms with van der Waals surface area (Å²) in [5.41, 5.74) is 2.74. The number of benzene rings is 2. The van der Waals surface area contributed by atoms with Gasteiger partial charge >= 0.3 is 5.63 Å². The molecule has 1 saturated heterocycles. The zero-order valence-corrected chi connectivity index (χ0v) is 17.0. The molecule has 0 unspecified atom stereocenters. The minimum absolute atomic E-state index is 0.122. The van der Waals surface area contributed by atoms with Crippen molar-refractivity contribution in [2.75, 3.05) is 26.2 Å². The largest absolute Gasteiger partial charge is 0.422 e. The summed E-state index contributed by atoms with van der Waals surface area (Å²) in [7, 11) is 0. The summed E-state index contributed by atoms with van der Waals surface area (Å²) in [6.07, 6.45) is 0. The van der Waals surface area contributed by atoms with Crippen LogP contribution in [0, 0.1) is 0 Å². The maximum atomic E-state index is 12.9. The van der Waals surface area contributed by atoms with Crippen LogP contribution in [0.2, 0.25) is 0 Å². The molecular formula is C24H27N2O3+. The van der Waals surface area contributed by atoms with Gasteiger partial charge in [0.2, 0.25) is 0 Å². The molecule has 29 heavy (non-hydrogen) atoms. The molecule has 1 aliphatic heterocycles. The summed E-state index contributed by atoms with van der Waals surface area (Å²) in [4.78, 5) is 28.4. The third kappa shape index (κ3) is 4.25. The number of carbonyl (C=O) groups is 1. The summed E-state index contributed by atoms with van der Waals surface area (Å²) >= 11 is 0. The van der Waals surface area contributed by atoms with Crippen molar-refractivity contribution in [1.29, 1.82) is 0 Å². The number of piperazine rings is 1. The molecule has 2 aromatic carbocycles. The highest BCUT2D eigenvalue weighted by Crippen LogP contribution is 2.15. The summed E-state index contributed by atoms with van der Waals surface area (Å²) in [6, 6.07) is 17.7. The first kappa shape index (κ1) is 19.4. The number of para-hydroxylation sites is 1. The fourth-order valence-corrected chi connectivity index (χ4v) is 3.89. The lowest BCUT2D eigenvalue weighted by molar-refractivity contribution is -0.917.